The number of rotatable bonds is 0. The van der Waals surface area contributed by atoms with E-state index in [2.05, 4.69) is 121 Å². The second-order valence-electron chi connectivity index (χ2n) is 13.5. The van der Waals surface area contributed by atoms with Crippen molar-refractivity contribution < 1.29 is 0 Å². The molecule has 3 aromatic heterocycles. The van der Waals surface area contributed by atoms with Gasteiger partial charge in [-0.05, 0) is 137 Å². The highest BCUT2D eigenvalue weighted by molar-refractivity contribution is 6.24. The van der Waals surface area contributed by atoms with E-state index >= 15 is 0 Å². The first kappa shape index (κ1) is 23.8. The van der Waals surface area contributed by atoms with Crippen molar-refractivity contribution in [3.8, 4) is 0 Å². The molecule has 0 spiro atoms. The van der Waals surface area contributed by atoms with Crippen molar-refractivity contribution in [2.24, 2.45) is 0 Å². The van der Waals surface area contributed by atoms with Crippen LogP contribution >= 0.6 is 0 Å². The maximum Gasteiger partial charge on any atom is 0.0973 e. The van der Waals surface area contributed by atoms with Gasteiger partial charge in [0.15, 0.2) is 0 Å². The van der Waals surface area contributed by atoms with E-state index in [1.54, 1.807) is 0 Å². The molecule has 0 saturated heterocycles. The number of benzene rings is 10. The zero-order chi connectivity index (χ0) is 30.8. The van der Waals surface area contributed by atoms with E-state index in [-0.39, 0.29) is 0 Å². The van der Waals surface area contributed by atoms with Gasteiger partial charge in [0.1, 0.15) is 0 Å². The van der Waals surface area contributed by atoms with Gasteiger partial charge in [0.2, 0.25) is 0 Å². The highest BCUT2D eigenvalue weighted by atomic mass is 14.8. The number of nitrogens with zero attached hydrogens (tertiary/aromatic N) is 4. The van der Waals surface area contributed by atoms with Gasteiger partial charge in [0.05, 0.1) is 44.1 Å². The van der Waals surface area contributed by atoms with Crippen LogP contribution in [-0.4, -0.2) is 19.9 Å². The van der Waals surface area contributed by atoms with E-state index in [1.807, 2.05) is 0 Å². The maximum absolute atomic E-state index is 5.46. The Balaban J connectivity index is 1.36. The van der Waals surface area contributed by atoms with E-state index in [0.29, 0.717) is 0 Å². The van der Waals surface area contributed by atoms with E-state index in [9.17, 15) is 0 Å². The quantitative estimate of drug-likeness (QED) is 0.128. The van der Waals surface area contributed by atoms with Gasteiger partial charge in [-0.3, -0.25) is 0 Å². The summed E-state index contributed by atoms with van der Waals surface area (Å²) in [7, 11) is 0. The minimum atomic E-state index is 0.907. The lowest BCUT2D eigenvalue weighted by Crippen LogP contribution is -1.92. The Morgan fingerprint density at radius 3 is 0.708 bits per heavy atom. The lowest BCUT2D eigenvalue weighted by molar-refractivity contribution is 1.42. The lowest BCUT2D eigenvalue weighted by Gasteiger charge is -2.13. The number of hydrogen-bond acceptors (Lipinski definition) is 4. The molecule has 0 atom stereocenters. The van der Waals surface area contributed by atoms with E-state index < -0.39 is 0 Å². The fraction of sp³-hybridized carbons (Fsp3) is 0. The molecule has 13 aromatic rings. The summed E-state index contributed by atoms with van der Waals surface area (Å²) in [6.07, 6.45) is 0. The van der Waals surface area contributed by atoms with Gasteiger partial charge in [-0.15, -0.1) is 0 Å². The summed E-state index contributed by atoms with van der Waals surface area (Å²) in [6, 6.07) is 44.6. The van der Waals surface area contributed by atoms with Crippen LogP contribution in [0.4, 0.5) is 0 Å². The summed E-state index contributed by atoms with van der Waals surface area (Å²) in [4.78, 5) is 21.3. The largest absolute Gasteiger partial charge is 0.244 e. The molecular weight excluding hydrogens is 585 g/mol. The summed E-state index contributed by atoms with van der Waals surface area (Å²) in [5.74, 6) is 0. The SMILES string of the molecule is c1cc2cc3ccc4nc5ccc6cc7ccc8cc9ccc%10nc%11ccc%12cc1c1cc%12c%11nc%10c9cc8c7cc6c5nc4c3cc21. The Hall–Kier alpha value is -6.52. The second kappa shape index (κ2) is 7.88. The van der Waals surface area contributed by atoms with Crippen LogP contribution in [0, 0.1) is 0 Å². The molecule has 0 fully saturated rings. The molecule has 0 radical (unpaired) electrons. The average molecular weight is 605 g/mol. The zero-order valence-corrected chi connectivity index (χ0v) is 25.3. The molecular formula is C44H20N4. The van der Waals surface area contributed by atoms with Gasteiger partial charge in [0, 0.05) is 21.5 Å². The third-order valence-electron chi connectivity index (χ3n) is 11.0. The van der Waals surface area contributed by atoms with Gasteiger partial charge >= 0.3 is 0 Å². The van der Waals surface area contributed by atoms with Crippen LogP contribution in [0.25, 0.3) is 130 Å². The standard InChI is InChI=1S/C44H20N4/c1-2-22-14-26-6-10-38-42-34(26)18-30(22)29-17-33-25(13-21(1)29)5-9-37-41(33)47-43-35-19-31-23(15-27(35)7-11-39(43)45-37)3-4-24-16-28-8-12-40(46-38)44(48-42)36(28)20-32(24)31/h1-20H. The summed E-state index contributed by atoms with van der Waals surface area (Å²) in [6.45, 7) is 0. The molecule has 4 nitrogen and oxygen atoms in total. The zero-order valence-electron chi connectivity index (χ0n) is 25.3. The van der Waals surface area contributed by atoms with Crippen LogP contribution in [-0.2, 0) is 0 Å². The van der Waals surface area contributed by atoms with Crippen LogP contribution in [0.5, 0.6) is 0 Å². The monoisotopic (exact) mass is 604 g/mol. The Kier molecular flexibility index (Phi) is 3.90. The van der Waals surface area contributed by atoms with Crippen LogP contribution in [0.3, 0.4) is 0 Å². The Bertz CT molecular complexity index is 2740. The van der Waals surface area contributed by atoms with Crippen molar-refractivity contribution in [2.75, 3.05) is 0 Å². The Morgan fingerprint density at radius 2 is 0.438 bits per heavy atom. The molecule has 12 bridgehead atoms. The summed E-state index contributed by atoms with van der Waals surface area (Å²) < 4.78 is 0. The molecule has 0 saturated carbocycles. The minimum Gasteiger partial charge on any atom is -0.244 e. The van der Waals surface area contributed by atoms with Crippen molar-refractivity contribution in [2.45, 2.75) is 0 Å². The summed E-state index contributed by atoms with van der Waals surface area (Å²) >= 11 is 0. The third-order valence-corrected chi connectivity index (χ3v) is 11.0. The van der Waals surface area contributed by atoms with Gasteiger partial charge in [-0.2, -0.15) is 0 Å². The molecule has 4 heteroatoms. The molecule has 0 aliphatic heterocycles. The molecule has 0 unspecified atom stereocenters. The topological polar surface area (TPSA) is 51.6 Å². The number of hydrogen-bond donors (Lipinski definition) is 0. The van der Waals surface area contributed by atoms with Gasteiger partial charge in [-0.1, -0.05) is 48.5 Å². The molecule has 13 rings (SSSR count). The van der Waals surface area contributed by atoms with Crippen molar-refractivity contribution in [1.82, 2.24) is 19.9 Å². The molecule has 0 N–H and O–H groups in total. The van der Waals surface area contributed by atoms with E-state index in [4.69, 9.17) is 19.9 Å². The van der Waals surface area contributed by atoms with E-state index in [1.165, 1.54) is 43.1 Å². The highest BCUT2D eigenvalue weighted by Crippen LogP contribution is 2.40. The molecule has 0 aliphatic rings. The van der Waals surface area contributed by atoms with Gasteiger partial charge in [0.25, 0.3) is 0 Å². The highest BCUT2D eigenvalue weighted by Gasteiger charge is 2.16. The summed E-state index contributed by atoms with van der Waals surface area (Å²) in [5.41, 5.74) is 7.35. The lowest BCUT2D eigenvalue weighted by atomic mass is 9.94. The van der Waals surface area contributed by atoms with Gasteiger partial charge in [-0.25, -0.2) is 19.9 Å². The fourth-order valence-corrected chi connectivity index (χ4v) is 8.61. The fourth-order valence-electron chi connectivity index (χ4n) is 8.61. The molecule has 216 valence electrons. The third kappa shape index (κ3) is 2.84. The Morgan fingerprint density at radius 1 is 0.208 bits per heavy atom. The first-order valence-corrected chi connectivity index (χ1v) is 16.4. The average Bonchev–Trinajstić information content (AvgIpc) is 3.13. The van der Waals surface area contributed by atoms with Crippen molar-refractivity contribution in [1.29, 1.82) is 0 Å². The normalized spacial score (nSPS) is 13.0. The van der Waals surface area contributed by atoms with E-state index in [0.717, 1.165) is 87.2 Å². The molecule has 3 heterocycles. The maximum atomic E-state index is 5.46. The molecule has 0 amide bonds. The minimum absolute atomic E-state index is 0.907. The van der Waals surface area contributed by atoms with Gasteiger partial charge < -0.3 is 0 Å². The molecule has 0 aliphatic carbocycles. The molecule has 10 aromatic carbocycles. The smallest absolute Gasteiger partial charge is 0.0973 e. The van der Waals surface area contributed by atoms with Crippen molar-refractivity contribution in [3.63, 3.8) is 0 Å². The predicted octanol–water partition coefficient (Wildman–Crippen LogP) is 11.4. The Labute approximate surface area is 270 Å². The van der Waals surface area contributed by atoms with Crippen molar-refractivity contribution in [3.05, 3.63) is 121 Å². The first-order chi connectivity index (χ1) is 23.7. The van der Waals surface area contributed by atoms with Crippen LogP contribution < -0.4 is 0 Å². The van der Waals surface area contributed by atoms with Crippen LogP contribution in [0.15, 0.2) is 121 Å². The summed E-state index contributed by atoms with van der Waals surface area (Å²) in [5, 5.41) is 18.7. The van der Waals surface area contributed by atoms with Crippen LogP contribution in [0.1, 0.15) is 0 Å². The first-order valence-electron chi connectivity index (χ1n) is 16.4. The second-order valence-corrected chi connectivity index (χ2v) is 13.5. The van der Waals surface area contributed by atoms with Crippen molar-refractivity contribution >= 4 is 130 Å². The van der Waals surface area contributed by atoms with Crippen LogP contribution in [0.2, 0.25) is 0 Å². The predicted molar refractivity (Wildman–Crippen MR) is 201 cm³/mol. The number of aromatic nitrogens is 4. The molecule has 48 heavy (non-hydrogen) atoms.